The van der Waals surface area contributed by atoms with Crippen LogP contribution in [0.4, 0.5) is 0 Å². The van der Waals surface area contributed by atoms with E-state index < -0.39 is 19.9 Å². The van der Waals surface area contributed by atoms with Crippen molar-refractivity contribution >= 4 is 13.8 Å². The molecule has 7 heteroatoms. The van der Waals surface area contributed by atoms with E-state index in [-0.39, 0.29) is 5.57 Å². The van der Waals surface area contributed by atoms with Crippen LogP contribution in [0.3, 0.4) is 0 Å². The third-order valence-corrected chi connectivity index (χ3v) is 1.85. The summed E-state index contributed by atoms with van der Waals surface area (Å²) >= 11 is 0. The lowest BCUT2D eigenvalue weighted by Crippen LogP contribution is -2.08. The third-order valence-electron chi connectivity index (χ3n) is 0.900. The van der Waals surface area contributed by atoms with Crippen LogP contribution in [0.2, 0.25) is 0 Å². The molecule has 14 heavy (non-hydrogen) atoms. The Bertz CT molecular complexity index is 271. The highest BCUT2D eigenvalue weighted by atomic mass is 31.2. The molecule has 0 spiro atoms. The zero-order chi connectivity index (χ0) is 11.4. The van der Waals surface area contributed by atoms with Crippen LogP contribution < -0.4 is 0 Å². The number of rotatable bonds is 5. The highest BCUT2D eigenvalue weighted by Crippen LogP contribution is 2.44. The minimum atomic E-state index is -4.33. The quantitative estimate of drug-likeness (QED) is 0.330. The molecule has 1 atom stereocenters. The molecule has 0 amide bonds. The van der Waals surface area contributed by atoms with Crippen LogP contribution in [0.15, 0.2) is 12.2 Å². The first-order chi connectivity index (χ1) is 6.24. The van der Waals surface area contributed by atoms with Crippen molar-refractivity contribution in [2.45, 2.75) is 26.9 Å². The molecular formula is C7H13O6P. The van der Waals surface area contributed by atoms with Crippen LogP contribution in [0.5, 0.6) is 0 Å². The molecule has 0 saturated heterocycles. The summed E-state index contributed by atoms with van der Waals surface area (Å²) in [5.74, 6) is -0.924. The molecule has 0 heterocycles. The van der Waals surface area contributed by atoms with E-state index in [4.69, 9.17) is 4.89 Å². The van der Waals surface area contributed by atoms with Gasteiger partial charge in [0.05, 0.1) is 6.10 Å². The zero-order valence-electron chi connectivity index (χ0n) is 8.22. The van der Waals surface area contributed by atoms with Crippen molar-refractivity contribution in [3.05, 3.63) is 12.2 Å². The molecule has 0 aromatic carbocycles. The van der Waals surface area contributed by atoms with E-state index in [1.54, 1.807) is 0 Å². The second kappa shape index (κ2) is 5.26. The summed E-state index contributed by atoms with van der Waals surface area (Å²) in [5.41, 5.74) is 0.0505. The van der Waals surface area contributed by atoms with Gasteiger partial charge in [-0.2, -0.15) is 0 Å². The van der Waals surface area contributed by atoms with Gasteiger partial charge >= 0.3 is 13.8 Å². The highest BCUT2D eigenvalue weighted by Gasteiger charge is 2.26. The van der Waals surface area contributed by atoms with E-state index in [9.17, 15) is 9.36 Å². The number of phosphoric ester groups is 1. The second-order valence-electron chi connectivity index (χ2n) is 2.85. The van der Waals surface area contributed by atoms with Crippen molar-refractivity contribution in [3.8, 4) is 0 Å². The fraction of sp³-hybridized carbons (Fsp3) is 0.571. The predicted molar refractivity (Wildman–Crippen MR) is 48.0 cm³/mol. The largest absolute Gasteiger partial charge is 0.508 e. The van der Waals surface area contributed by atoms with Crippen LogP contribution in [0.25, 0.3) is 0 Å². The Balaban J connectivity index is 4.06. The maximum atomic E-state index is 11.0. The summed E-state index contributed by atoms with van der Waals surface area (Å²) < 4.78 is 19.3. The van der Waals surface area contributed by atoms with Crippen LogP contribution in [0, 0.1) is 0 Å². The average Bonchev–Trinajstić information content (AvgIpc) is 1.97. The Labute approximate surface area is 82.0 Å². The fourth-order valence-corrected chi connectivity index (χ4v) is 1.17. The van der Waals surface area contributed by atoms with Crippen molar-refractivity contribution in [1.29, 1.82) is 0 Å². The average molecular weight is 224 g/mol. The molecule has 82 valence electrons. The van der Waals surface area contributed by atoms with Gasteiger partial charge in [0.25, 0.3) is 0 Å². The van der Waals surface area contributed by atoms with Gasteiger partial charge in [-0.3, -0.25) is 9.41 Å². The van der Waals surface area contributed by atoms with Crippen molar-refractivity contribution in [1.82, 2.24) is 0 Å². The smallest absolute Gasteiger partial charge is 0.300 e. The van der Waals surface area contributed by atoms with Crippen LogP contribution in [0.1, 0.15) is 20.8 Å². The molecule has 0 aliphatic heterocycles. The van der Waals surface area contributed by atoms with Gasteiger partial charge in [0.15, 0.2) is 0 Å². The van der Waals surface area contributed by atoms with Crippen molar-refractivity contribution in [2.75, 3.05) is 0 Å². The first-order valence-electron chi connectivity index (χ1n) is 3.82. The van der Waals surface area contributed by atoms with Gasteiger partial charge in [0, 0.05) is 5.57 Å². The topological polar surface area (TPSA) is 82.1 Å². The summed E-state index contributed by atoms with van der Waals surface area (Å²) in [4.78, 5) is 23.7. The lowest BCUT2D eigenvalue weighted by molar-refractivity contribution is -0.219. The molecule has 0 aliphatic carbocycles. The monoisotopic (exact) mass is 224 g/mol. The molecule has 0 fully saturated rings. The fourth-order valence-electron chi connectivity index (χ4n) is 0.436. The Kier molecular flexibility index (Phi) is 5.01. The van der Waals surface area contributed by atoms with Crippen molar-refractivity contribution < 1.29 is 28.3 Å². The number of carbonyl (C=O) groups is 1. The zero-order valence-corrected chi connectivity index (χ0v) is 9.11. The Morgan fingerprint density at radius 2 is 2.00 bits per heavy atom. The van der Waals surface area contributed by atoms with E-state index in [0.717, 1.165) is 0 Å². The summed E-state index contributed by atoms with van der Waals surface area (Å²) in [7, 11) is -4.33. The van der Waals surface area contributed by atoms with Gasteiger partial charge in [-0.15, -0.1) is 0 Å². The maximum absolute atomic E-state index is 11.0. The number of carbonyl (C=O) groups excluding carboxylic acids is 1. The first kappa shape index (κ1) is 13.3. The molecule has 1 unspecified atom stereocenters. The summed E-state index contributed by atoms with van der Waals surface area (Å²) in [5, 5.41) is 0. The Hall–Kier alpha value is -0.680. The third kappa shape index (κ3) is 5.88. The standard InChI is InChI=1S/C7H13O6P/c1-5(2)7(8)11-13-14(9,10)12-6(3)4/h6H,1H2,2-4H3,(H,9,10). The van der Waals surface area contributed by atoms with Gasteiger partial charge in [-0.05, 0) is 20.8 Å². The molecule has 0 aromatic heterocycles. The summed E-state index contributed by atoms with van der Waals surface area (Å²) in [6.45, 7) is 7.69. The van der Waals surface area contributed by atoms with Crippen LogP contribution in [-0.4, -0.2) is 17.0 Å². The molecule has 0 radical (unpaired) electrons. The number of hydrogen-bond acceptors (Lipinski definition) is 5. The van der Waals surface area contributed by atoms with Crippen LogP contribution >= 0.6 is 7.82 Å². The Morgan fingerprint density at radius 1 is 1.50 bits per heavy atom. The summed E-state index contributed by atoms with van der Waals surface area (Å²) in [6, 6.07) is 0. The SMILES string of the molecule is C=C(C)C(=O)OOP(=O)(O)OC(C)C. The van der Waals surface area contributed by atoms with Gasteiger partial charge in [0.2, 0.25) is 0 Å². The lowest BCUT2D eigenvalue weighted by Gasteiger charge is -2.12. The van der Waals surface area contributed by atoms with E-state index in [1.165, 1.54) is 20.8 Å². The highest BCUT2D eigenvalue weighted by molar-refractivity contribution is 7.47. The number of phosphoric acid groups is 1. The Morgan fingerprint density at radius 3 is 2.36 bits per heavy atom. The molecular weight excluding hydrogens is 211 g/mol. The normalized spacial score (nSPS) is 14.9. The molecule has 0 rings (SSSR count). The van der Waals surface area contributed by atoms with Crippen LogP contribution in [-0.2, 0) is 23.4 Å². The molecule has 0 aliphatic rings. The van der Waals surface area contributed by atoms with E-state index in [0.29, 0.717) is 0 Å². The summed E-state index contributed by atoms with van der Waals surface area (Å²) in [6.07, 6.45) is -0.519. The van der Waals surface area contributed by atoms with Gasteiger partial charge in [-0.1, -0.05) is 11.3 Å². The predicted octanol–water partition coefficient (Wildman–Crippen LogP) is 1.56. The molecule has 0 saturated carbocycles. The van der Waals surface area contributed by atoms with Gasteiger partial charge < -0.3 is 4.89 Å². The van der Waals surface area contributed by atoms with E-state index in [1.807, 2.05) is 0 Å². The number of hydrogen-bond donors (Lipinski definition) is 1. The first-order valence-corrected chi connectivity index (χ1v) is 5.31. The molecule has 1 N–H and O–H groups in total. The minimum Gasteiger partial charge on any atom is -0.300 e. The van der Waals surface area contributed by atoms with E-state index in [2.05, 4.69) is 20.7 Å². The lowest BCUT2D eigenvalue weighted by atomic mass is 10.4. The minimum absolute atomic E-state index is 0.0505. The second-order valence-corrected chi connectivity index (χ2v) is 4.15. The van der Waals surface area contributed by atoms with Crippen molar-refractivity contribution in [2.24, 2.45) is 0 Å². The van der Waals surface area contributed by atoms with Gasteiger partial charge in [0.1, 0.15) is 0 Å². The molecule has 0 aromatic rings. The van der Waals surface area contributed by atoms with Crippen molar-refractivity contribution in [3.63, 3.8) is 0 Å². The van der Waals surface area contributed by atoms with Gasteiger partial charge in [-0.25, -0.2) is 9.36 Å². The molecule has 6 nitrogen and oxygen atoms in total. The van der Waals surface area contributed by atoms with E-state index >= 15 is 0 Å². The molecule has 0 bridgehead atoms. The maximum Gasteiger partial charge on any atom is 0.508 e.